The highest BCUT2D eigenvalue weighted by molar-refractivity contribution is 9.09. The summed E-state index contributed by atoms with van der Waals surface area (Å²) >= 11 is 3.16. The molecule has 11 nitrogen and oxygen atoms in total. The minimum Gasteiger partial charge on any atom is -0.466 e. The van der Waals surface area contributed by atoms with Crippen molar-refractivity contribution in [1.82, 2.24) is 24.5 Å². The SMILES string of the molecule is COC(=O)/C=C/c1ccc(C2CCCC2)cc1.COC(=O)/C=C/c1ccc([C@@H]2CCCN2CC(=O)c2cnn(-c3ccccc3)c2C)cc1.Cc1c(C(=O)CBr)cnn1-c1ccccc1.Cl. The Hall–Kier alpha value is -6.21. The van der Waals surface area contributed by atoms with Crippen molar-refractivity contribution in [2.75, 3.05) is 32.6 Å². The number of halogens is 2. The van der Waals surface area contributed by atoms with E-state index in [1.165, 1.54) is 63.2 Å². The molecular formula is C53H57BrClN5O6. The Morgan fingerprint density at radius 1 is 0.621 bits per heavy atom. The first-order chi connectivity index (χ1) is 31.6. The first-order valence-electron chi connectivity index (χ1n) is 21.9. The average Bonchev–Trinajstić information content (AvgIpc) is 4.20. The van der Waals surface area contributed by atoms with E-state index in [1.54, 1.807) is 29.2 Å². The number of esters is 2. The van der Waals surface area contributed by atoms with Crippen molar-refractivity contribution in [3.05, 3.63) is 179 Å². The van der Waals surface area contributed by atoms with Crippen molar-refractivity contribution in [2.24, 2.45) is 0 Å². The molecule has 4 aromatic carbocycles. The molecular weight excluding hydrogens is 918 g/mol. The molecule has 66 heavy (non-hydrogen) atoms. The van der Waals surface area contributed by atoms with Gasteiger partial charge >= 0.3 is 11.9 Å². The van der Waals surface area contributed by atoms with Gasteiger partial charge in [0.2, 0.25) is 0 Å². The zero-order valence-electron chi connectivity index (χ0n) is 37.8. The number of nitrogens with zero attached hydrogens (tertiary/aromatic N) is 5. The molecule has 0 bridgehead atoms. The predicted octanol–water partition coefficient (Wildman–Crippen LogP) is 11.1. The van der Waals surface area contributed by atoms with Gasteiger partial charge in [0.1, 0.15) is 0 Å². The van der Waals surface area contributed by atoms with Gasteiger partial charge < -0.3 is 9.47 Å². The maximum Gasteiger partial charge on any atom is 0.330 e. The number of rotatable bonds is 13. The van der Waals surface area contributed by atoms with Crippen LogP contribution < -0.4 is 0 Å². The smallest absolute Gasteiger partial charge is 0.330 e. The Morgan fingerprint density at radius 2 is 1.08 bits per heavy atom. The molecule has 2 fully saturated rings. The Bertz CT molecular complexity index is 2570. The van der Waals surface area contributed by atoms with E-state index in [0.717, 1.165) is 59.2 Å². The number of carbonyl (C=O) groups is 4. The molecule has 1 saturated heterocycles. The lowest BCUT2D eigenvalue weighted by molar-refractivity contribution is -0.135. The molecule has 0 N–H and O–H groups in total. The maximum absolute atomic E-state index is 13.1. The first-order valence-corrected chi connectivity index (χ1v) is 23.0. The predicted molar refractivity (Wildman–Crippen MR) is 266 cm³/mol. The quantitative estimate of drug-likeness (QED) is 0.0481. The van der Waals surface area contributed by atoms with E-state index in [9.17, 15) is 19.2 Å². The molecule has 0 radical (unpaired) electrons. The number of hydrogen-bond donors (Lipinski definition) is 0. The number of carbonyl (C=O) groups excluding carboxylic acids is 4. The Morgan fingerprint density at radius 3 is 1.53 bits per heavy atom. The van der Waals surface area contributed by atoms with Crippen molar-refractivity contribution >= 4 is 64.0 Å². The zero-order chi connectivity index (χ0) is 46.1. The van der Waals surface area contributed by atoms with Crippen LogP contribution in [0.15, 0.2) is 134 Å². The fourth-order valence-electron chi connectivity index (χ4n) is 8.19. The van der Waals surface area contributed by atoms with Crippen LogP contribution in [0.5, 0.6) is 0 Å². The fourth-order valence-corrected chi connectivity index (χ4v) is 8.49. The molecule has 1 aliphatic carbocycles. The largest absolute Gasteiger partial charge is 0.466 e. The van der Waals surface area contributed by atoms with Gasteiger partial charge in [-0.3, -0.25) is 14.5 Å². The number of hydrogen-bond acceptors (Lipinski definition) is 9. The average molecular weight is 975 g/mol. The molecule has 3 heterocycles. The zero-order valence-corrected chi connectivity index (χ0v) is 40.2. The molecule has 1 aliphatic heterocycles. The van der Waals surface area contributed by atoms with Crippen molar-refractivity contribution in [3.8, 4) is 11.4 Å². The molecule has 0 spiro atoms. The molecule has 1 saturated carbocycles. The molecule has 8 rings (SSSR count). The van der Waals surface area contributed by atoms with E-state index < -0.39 is 0 Å². The summed E-state index contributed by atoms with van der Waals surface area (Å²) in [6.45, 7) is 5.10. The van der Waals surface area contributed by atoms with Crippen molar-refractivity contribution in [3.63, 3.8) is 0 Å². The molecule has 13 heteroatoms. The summed E-state index contributed by atoms with van der Waals surface area (Å²) < 4.78 is 12.8. The monoisotopic (exact) mass is 973 g/mol. The third-order valence-corrected chi connectivity index (χ3v) is 12.3. The number of benzene rings is 4. The van der Waals surface area contributed by atoms with E-state index in [1.807, 2.05) is 91.3 Å². The van der Waals surface area contributed by atoms with Gasteiger partial charge in [-0.1, -0.05) is 114 Å². The number of Topliss-reactive ketones (excluding diaryl/α,β-unsaturated/α-hetero) is 2. The summed E-state index contributed by atoms with van der Waals surface area (Å²) in [5.41, 5.74) is 9.57. The standard InChI is InChI=1S/C26H27N3O3.C15H18O2.C12H11BrN2O.ClH/c1-19-23(17-27-29(19)22-7-4-3-5-8-22)25(30)18-28-16-6-9-24(28)21-13-10-20(11-14-21)12-15-26(31)32-2;1-17-15(16)11-8-12-6-9-14(10-7-12)13-4-2-3-5-13;1-9-11(12(16)7-13)8-14-15(9)10-5-3-2-4-6-10;/h3-5,7-8,10-15,17,24H,6,9,16,18H2,1-2H3;6-11,13H,2-5H2,1H3;2-6,8H,7H2,1H3;1H/b15-12+;11-8+;;/t24-;;;/m0.../s1. The second-order valence-electron chi connectivity index (χ2n) is 15.9. The van der Waals surface area contributed by atoms with Gasteiger partial charge in [-0.05, 0) is 111 Å². The lowest BCUT2D eigenvalue weighted by Crippen LogP contribution is -2.29. The summed E-state index contributed by atoms with van der Waals surface area (Å²) in [6, 6.07) is 36.4. The van der Waals surface area contributed by atoms with Crippen LogP contribution >= 0.6 is 28.3 Å². The van der Waals surface area contributed by atoms with E-state index >= 15 is 0 Å². The van der Waals surface area contributed by atoms with Gasteiger partial charge in [0, 0.05) is 18.2 Å². The third kappa shape index (κ3) is 13.7. The van der Waals surface area contributed by atoms with Crippen LogP contribution in [0.3, 0.4) is 0 Å². The number of aromatic nitrogens is 4. The normalized spacial score (nSPS) is 14.8. The lowest BCUT2D eigenvalue weighted by Gasteiger charge is -2.24. The van der Waals surface area contributed by atoms with Crippen LogP contribution in [0.2, 0.25) is 0 Å². The van der Waals surface area contributed by atoms with E-state index in [0.29, 0.717) is 23.0 Å². The second-order valence-corrected chi connectivity index (χ2v) is 16.5. The number of ketones is 2. The molecule has 1 atom stereocenters. The molecule has 6 aromatic rings. The van der Waals surface area contributed by atoms with Crippen molar-refractivity contribution < 1.29 is 28.7 Å². The van der Waals surface area contributed by atoms with E-state index in [-0.39, 0.29) is 42.0 Å². The van der Waals surface area contributed by atoms with Crippen LogP contribution in [0.4, 0.5) is 0 Å². The molecule has 0 amide bonds. The third-order valence-electron chi connectivity index (χ3n) is 11.8. The van der Waals surface area contributed by atoms with Crippen LogP contribution in [-0.2, 0) is 19.1 Å². The number of para-hydroxylation sites is 2. The Balaban J connectivity index is 0.000000203. The Labute approximate surface area is 402 Å². The van der Waals surface area contributed by atoms with Crippen molar-refractivity contribution in [2.45, 2.75) is 64.3 Å². The highest BCUT2D eigenvalue weighted by Crippen LogP contribution is 2.34. The minimum absolute atomic E-state index is 0. The van der Waals surface area contributed by atoms with Crippen LogP contribution in [0.1, 0.15) is 105 Å². The minimum atomic E-state index is -0.375. The fraction of sp³-hybridized carbons (Fsp3) is 0.283. The summed E-state index contributed by atoms with van der Waals surface area (Å²) in [6.07, 6.45) is 17.1. The second kappa shape index (κ2) is 25.5. The van der Waals surface area contributed by atoms with Gasteiger partial charge in [-0.15, -0.1) is 12.4 Å². The molecule has 2 aromatic heterocycles. The number of methoxy groups -OCH3 is 2. The van der Waals surface area contributed by atoms with Crippen molar-refractivity contribution in [1.29, 1.82) is 0 Å². The summed E-state index contributed by atoms with van der Waals surface area (Å²) in [4.78, 5) is 49.2. The van der Waals surface area contributed by atoms with Crippen LogP contribution in [0.25, 0.3) is 23.5 Å². The molecule has 2 aliphatic rings. The van der Waals surface area contributed by atoms with Gasteiger partial charge in [-0.2, -0.15) is 10.2 Å². The van der Waals surface area contributed by atoms with Gasteiger partial charge in [0.05, 0.1) is 72.4 Å². The molecule has 0 unspecified atom stereocenters. The van der Waals surface area contributed by atoms with Gasteiger partial charge in [-0.25, -0.2) is 19.0 Å². The van der Waals surface area contributed by atoms with Gasteiger partial charge in [0.25, 0.3) is 0 Å². The van der Waals surface area contributed by atoms with E-state index in [2.05, 4.69) is 76.9 Å². The summed E-state index contributed by atoms with van der Waals surface area (Å²) in [5.74, 6) is 0.202. The van der Waals surface area contributed by atoms with Crippen LogP contribution in [0, 0.1) is 13.8 Å². The number of likely N-dealkylation sites (tertiary alicyclic amines) is 1. The Kier molecular flexibility index (Phi) is 19.6. The highest BCUT2D eigenvalue weighted by atomic mass is 79.9. The van der Waals surface area contributed by atoms with E-state index in [4.69, 9.17) is 0 Å². The number of alkyl halides is 1. The van der Waals surface area contributed by atoms with Crippen LogP contribution in [-0.4, -0.2) is 80.6 Å². The number of ether oxygens (including phenoxy) is 2. The highest BCUT2D eigenvalue weighted by Gasteiger charge is 2.29. The topological polar surface area (TPSA) is 126 Å². The summed E-state index contributed by atoms with van der Waals surface area (Å²) in [7, 11) is 2.75. The molecule has 344 valence electrons. The van der Waals surface area contributed by atoms with Gasteiger partial charge in [0.15, 0.2) is 11.6 Å². The lowest BCUT2D eigenvalue weighted by atomic mass is 9.97. The maximum atomic E-state index is 13.1. The first kappa shape index (κ1) is 50.8. The summed E-state index contributed by atoms with van der Waals surface area (Å²) in [5, 5.41) is 9.00.